The summed E-state index contributed by atoms with van der Waals surface area (Å²) in [5, 5.41) is 2.50. The van der Waals surface area contributed by atoms with E-state index in [1.165, 1.54) is 18.2 Å². The van der Waals surface area contributed by atoms with Crippen molar-refractivity contribution in [1.29, 1.82) is 0 Å². The summed E-state index contributed by atoms with van der Waals surface area (Å²) in [6, 6.07) is 0.409. The van der Waals surface area contributed by atoms with Crippen LogP contribution in [0.25, 0.3) is 0 Å². The van der Waals surface area contributed by atoms with E-state index < -0.39 is 80.2 Å². The lowest BCUT2D eigenvalue weighted by Gasteiger charge is -2.32. The smallest absolute Gasteiger partial charge is 0.231 e. The first-order valence-corrected chi connectivity index (χ1v) is 7.25. The summed E-state index contributed by atoms with van der Waals surface area (Å²) < 4.78 is 111. The van der Waals surface area contributed by atoms with Gasteiger partial charge in [-0.25, -0.2) is 4.39 Å². The van der Waals surface area contributed by atoms with Crippen LogP contribution in [0.15, 0.2) is 42.4 Å². The van der Waals surface area contributed by atoms with Gasteiger partial charge in [0.05, 0.1) is 12.1 Å². The molecule has 1 unspecified atom stereocenters. The molecule has 0 aliphatic carbocycles. The Balaban J connectivity index is 1.72. The van der Waals surface area contributed by atoms with Gasteiger partial charge < -0.3 is 19.5 Å². The minimum Gasteiger partial charge on any atom is -0.493 e. The van der Waals surface area contributed by atoms with Gasteiger partial charge in [0.2, 0.25) is 6.75 Å². The van der Waals surface area contributed by atoms with Crippen LogP contribution in [-0.2, 0) is 0 Å². The quantitative estimate of drug-likeness (QED) is 0.927. The monoisotopic (exact) mass is 339 g/mol. The molecule has 0 radical (unpaired) electrons. The van der Waals surface area contributed by atoms with E-state index in [4.69, 9.17) is 27.9 Å². The van der Waals surface area contributed by atoms with E-state index in [2.05, 4.69) is 5.32 Å². The van der Waals surface area contributed by atoms with Crippen molar-refractivity contribution < 1.29 is 32.3 Å². The maximum Gasteiger partial charge on any atom is 0.231 e. The molecule has 2 heterocycles. The van der Waals surface area contributed by atoms with E-state index in [0.29, 0.717) is 0 Å². The number of piperidine rings is 1. The van der Waals surface area contributed by atoms with Crippen LogP contribution in [0.4, 0.5) is 4.39 Å². The first kappa shape index (κ1) is 7.74. The van der Waals surface area contributed by atoms with Gasteiger partial charge in [-0.1, -0.05) is 12.1 Å². The number of ether oxygens (including phenoxy) is 3. The topological polar surface area (TPSA) is 39.7 Å². The zero-order valence-electron chi connectivity index (χ0n) is 22.5. The van der Waals surface area contributed by atoms with E-state index in [1.54, 1.807) is 0 Å². The standard InChI is InChI=1S/C19H20FNO3/c20-15-3-1-13(2-4-15)17-7-8-21-10-14(17)11-22-16-5-6-18-19(9-16)24-12-23-18/h1-6,9,14,17,21H,7-8,10-12H2/t14-,17?/m1/s1/i1D,2D,3D,4D,8D2,12D2,14D,17D. The molecule has 24 heavy (non-hydrogen) atoms. The molecule has 0 bridgehead atoms. The lowest BCUT2D eigenvalue weighted by Crippen LogP contribution is -2.38. The van der Waals surface area contributed by atoms with E-state index in [0.717, 1.165) is 0 Å². The van der Waals surface area contributed by atoms with Crippen molar-refractivity contribution in [2.45, 2.75) is 12.3 Å². The van der Waals surface area contributed by atoms with Crippen LogP contribution in [0.5, 0.6) is 17.2 Å². The van der Waals surface area contributed by atoms with Gasteiger partial charge in [-0.3, -0.25) is 0 Å². The lowest BCUT2D eigenvalue weighted by atomic mass is 9.81. The fourth-order valence-corrected chi connectivity index (χ4v) is 2.43. The normalized spacial score (nSPS) is 38.7. The summed E-state index contributed by atoms with van der Waals surface area (Å²) >= 11 is 0. The molecule has 2 atom stereocenters. The van der Waals surface area contributed by atoms with Gasteiger partial charge in [0.15, 0.2) is 11.5 Å². The van der Waals surface area contributed by atoms with Gasteiger partial charge in [0, 0.05) is 24.0 Å². The summed E-state index contributed by atoms with van der Waals surface area (Å²) in [5.74, 6) is -5.48. The molecule has 2 aromatic carbocycles. The summed E-state index contributed by atoms with van der Waals surface area (Å²) in [6.07, 6.45) is -0.726. The number of halogens is 1. The Hall–Kier alpha value is -2.27. The molecule has 5 heteroatoms. The lowest BCUT2D eigenvalue weighted by molar-refractivity contribution is 0.173. The zero-order valence-corrected chi connectivity index (χ0v) is 12.5. The van der Waals surface area contributed by atoms with E-state index in [1.807, 2.05) is 0 Å². The van der Waals surface area contributed by atoms with Crippen LogP contribution < -0.4 is 19.5 Å². The Morgan fingerprint density at radius 2 is 2.12 bits per heavy atom. The van der Waals surface area contributed by atoms with Crippen LogP contribution >= 0.6 is 0 Å². The molecule has 1 saturated heterocycles. The fourth-order valence-electron chi connectivity index (χ4n) is 2.43. The molecule has 126 valence electrons. The second-order valence-corrected chi connectivity index (χ2v) is 5.16. The van der Waals surface area contributed by atoms with Crippen molar-refractivity contribution in [2.75, 3.05) is 26.4 Å². The SMILES string of the molecule is [2H]c1c([2H])c(C2([2H])CC([2H])([2H])NC[C@]2([2H])COc2ccc3c(c2)OC([2H])([2H])O3)c([2H])c([2H])c1F. The number of rotatable bonds is 4. The molecule has 1 fully saturated rings. The van der Waals surface area contributed by atoms with Crippen molar-refractivity contribution in [3.8, 4) is 17.2 Å². The molecule has 2 aliphatic rings. The molecule has 0 aromatic heterocycles. The molecular weight excluding hydrogens is 309 g/mol. The summed E-state index contributed by atoms with van der Waals surface area (Å²) in [7, 11) is 0. The molecule has 0 amide bonds. The van der Waals surface area contributed by atoms with Gasteiger partial charge in [0.1, 0.15) is 14.3 Å². The van der Waals surface area contributed by atoms with Gasteiger partial charge in [-0.15, -0.1) is 0 Å². The van der Waals surface area contributed by atoms with Crippen LogP contribution in [-0.4, -0.2) is 26.4 Å². The third-order valence-corrected chi connectivity index (χ3v) is 3.65. The molecule has 0 saturated carbocycles. The Bertz CT molecular complexity index is 1140. The fraction of sp³-hybridized carbons (Fsp3) is 0.368. The highest BCUT2D eigenvalue weighted by molar-refractivity contribution is 5.46. The highest BCUT2D eigenvalue weighted by Crippen LogP contribution is 2.36. The minimum absolute atomic E-state index is 0.0508. The molecular formula is C19H20FNO3. The van der Waals surface area contributed by atoms with Crippen molar-refractivity contribution in [2.24, 2.45) is 5.89 Å². The molecule has 0 spiro atoms. The number of nitrogens with one attached hydrogen (secondary N) is 1. The molecule has 2 aromatic rings. The van der Waals surface area contributed by atoms with Crippen molar-refractivity contribution >= 4 is 0 Å². The van der Waals surface area contributed by atoms with E-state index in [-0.39, 0.29) is 17.2 Å². The van der Waals surface area contributed by atoms with E-state index in [9.17, 15) is 4.39 Å². The number of fused-ring (bicyclic) bond motifs is 1. The number of hydrogen-bond donors (Lipinski definition) is 1. The average molecular weight is 339 g/mol. The van der Waals surface area contributed by atoms with Gasteiger partial charge in [-0.05, 0) is 48.6 Å². The molecule has 4 rings (SSSR count). The van der Waals surface area contributed by atoms with Gasteiger partial charge in [-0.2, -0.15) is 0 Å². The van der Waals surface area contributed by atoms with Crippen LogP contribution in [0.1, 0.15) is 31.6 Å². The van der Waals surface area contributed by atoms with Crippen molar-refractivity contribution in [3.05, 3.63) is 53.7 Å². The average Bonchev–Trinajstić information content (AvgIpc) is 3.05. The largest absolute Gasteiger partial charge is 0.493 e. The predicted molar refractivity (Wildman–Crippen MR) is 88.2 cm³/mol. The van der Waals surface area contributed by atoms with Gasteiger partial charge >= 0.3 is 0 Å². The number of benzene rings is 2. The van der Waals surface area contributed by atoms with Crippen LogP contribution in [0.3, 0.4) is 0 Å². The van der Waals surface area contributed by atoms with Gasteiger partial charge in [0.25, 0.3) is 0 Å². The Morgan fingerprint density at radius 1 is 1.29 bits per heavy atom. The Labute approximate surface area is 154 Å². The van der Waals surface area contributed by atoms with Crippen LogP contribution in [0, 0.1) is 11.7 Å². The van der Waals surface area contributed by atoms with Crippen molar-refractivity contribution in [3.63, 3.8) is 0 Å². The predicted octanol–water partition coefficient (Wildman–Crippen LogP) is 3.33. The molecule has 4 nitrogen and oxygen atoms in total. The first-order valence-electron chi connectivity index (χ1n) is 12.3. The highest BCUT2D eigenvalue weighted by atomic mass is 19.1. The maximum absolute atomic E-state index is 14.1. The highest BCUT2D eigenvalue weighted by Gasteiger charge is 2.27. The Morgan fingerprint density at radius 3 is 3.00 bits per heavy atom. The third-order valence-electron chi connectivity index (χ3n) is 3.65. The second kappa shape index (κ2) is 6.69. The van der Waals surface area contributed by atoms with Crippen molar-refractivity contribution in [1.82, 2.24) is 5.32 Å². The Kier molecular flexibility index (Phi) is 2.16. The number of hydrogen-bond acceptors (Lipinski definition) is 4. The second-order valence-electron chi connectivity index (χ2n) is 5.16. The summed E-state index contributed by atoms with van der Waals surface area (Å²) in [5.41, 5.74) is -0.591. The molecule has 2 aliphatic heterocycles. The first-order chi connectivity index (χ1) is 15.6. The van der Waals surface area contributed by atoms with E-state index >= 15 is 0 Å². The third kappa shape index (κ3) is 3.17. The molecule has 1 N–H and O–H groups in total. The zero-order chi connectivity index (χ0) is 25.3. The summed E-state index contributed by atoms with van der Waals surface area (Å²) in [6.45, 7) is -5.54. The minimum atomic E-state index is -2.36. The summed E-state index contributed by atoms with van der Waals surface area (Å²) in [4.78, 5) is 0. The maximum atomic E-state index is 14.1. The van der Waals surface area contributed by atoms with Crippen LogP contribution in [0.2, 0.25) is 0 Å².